The van der Waals surface area contributed by atoms with Crippen LogP contribution in [0.25, 0.3) is 22.2 Å². The van der Waals surface area contributed by atoms with Gasteiger partial charge < -0.3 is 14.2 Å². The molecule has 2 aliphatic rings. The van der Waals surface area contributed by atoms with E-state index in [1.807, 2.05) is 27.7 Å². The highest BCUT2D eigenvalue weighted by atomic mass is 16.5. The summed E-state index contributed by atoms with van der Waals surface area (Å²) in [5.74, 6) is 0.821. The Morgan fingerprint density at radius 2 is 2.07 bits per heavy atom. The third-order valence-corrected chi connectivity index (χ3v) is 5.41. The van der Waals surface area contributed by atoms with Crippen molar-refractivity contribution in [3.8, 4) is 17.0 Å². The maximum atomic E-state index is 6.02. The molecule has 1 unspecified atom stereocenters. The summed E-state index contributed by atoms with van der Waals surface area (Å²) in [5, 5.41) is 10.6. The molecule has 4 heterocycles. The van der Waals surface area contributed by atoms with E-state index in [4.69, 9.17) is 19.3 Å². The van der Waals surface area contributed by atoms with Crippen LogP contribution < -0.4 is 4.74 Å². The monoisotopic (exact) mass is 394 g/mol. The van der Waals surface area contributed by atoms with Crippen LogP contribution in [0.2, 0.25) is 0 Å². The number of hydrogen-bond donors (Lipinski definition) is 0. The van der Waals surface area contributed by atoms with E-state index in [-0.39, 0.29) is 6.23 Å². The second-order valence-electron chi connectivity index (χ2n) is 7.47. The number of aryl methyl sites for hydroxylation is 1. The zero-order valence-corrected chi connectivity index (χ0v) is 16.5. The maximum Gasteiger partial charge on any atom is 0.150 e. The standard InChI is InChI=1S/C22H26N4O3/c1-3-9-25-16-17(15-23-25)22-19-14-18(28-13-12-27-10-4-1)7-8-20(19)26(24-22)21-6-2-5-11-29-21/h1,4,7-8,14-16,21H,2-3,5-6,9-13H2/b4-1-. The van der Waals surface area contributed by atoms with Crippen LogP contribution in [0.5, 0.6) is 5.75 Å². The molecule has 1 fully saturated rings. The molecule has 1 aromatic carbocycles. The molecule has 2 aromatic heterocycles. The Morgan fingerprint density at radius 1 is 1.07 bits per heavy atom. The maximum absolute atomic E-state index is 6.02. The normalized spacial score (nSPS) is 21.9. The topological polar surface area (TPSA) is 63.3 Å². The van der Waals surface area contributed by atoms with Gasteiger partial charge >= 0.3 is 0 Å². The Bertz CT molecular complexity index is 1000. The lowest BCUT2D eigenvalue weighted by molar-refractivity contribution is -0.0365. The molecule has 0 spiro atoms. The van der Waals surface area contributed by atoms with Gasteiger partial charge in [-0.2, -0.15) is 10.2 Å². The van der Waals surface area contributed by atoms with Crippen molar-refractivity contribution in [1.29, 1.82) is 0 Å². The number of ether oxygens (including phenoxy) is 3. The van der Waals surface area contributed by atoms with Gasteiger partial charge in [0.1, 0.15) is 18.1 Å². The molecule has 0 radical (unpaired) electrons. The minimum atomic E-state index is -0.0190. The minimum Gasteiger partial charge on any atom is -0.491 e. The van der Waals surface area contributed by atoms with Gasteiger partial charge in [-0.15, -0.1) is 0 Å². The molecule has 4 bridgehead atoms. The average Bonchev–Trinajstić information content (AvgIpc) is 3.37. The summed E-state index contributed by atoms with van der Waals surface area (Å²) in [6.07, 6.45) is 12.3. The highest BCUT2D eigenvalue weighted by molar-refractivity contribution is 5.94. The van der Waals surface area contributed by atoms with Crippen molar-refractivity contribution in [1.82, 2.24) is 19.6 Å². The number of rotatable bonds is 1. The smallest absolute Gasteiger partial charge is 0.150 e. The lowest BCUT2D eigenvalue weighted by Gasteiger charge is -2.23. The first-order valence-corrected chi connectivity index (χ1v) is 10.4. The molecule has 0 saturated carbocycles. The first kappa shape index (κ1) is 18.4. The van der Waals surface area contributed by atoms with Crippen molar-refractivity contribution in [3.63, 3.8) is 0 Å². The first-order valence-electron chi connectivity index (χ1n) is 10.4. The molecule has 7 heteroatoms. The quantitative estimate of drug-likeness (QED) is 0.585. The third kappa shape index (κ3) is 3.93. The summed E-state index contributed by atoms with van der Waals surface area (Å²) < 4.78 is 21.5. The van der Waals surface area contributed by atoms with Crippen LogP contribution in [0, 0.1) is 0 Å². The molecule has 2 aliphatic heterocycles. The van der Waals surface area contributed by atoms with Crippen molar-refractivity contribution < 1.29 is 14.2 Å². The summed E-state index contributed by atoms with van der Waals surface area (Å²) in [6, 6.07) is 6.15. The fraction of sp³-hybridized carbons (Fsp3) is 0.455. The van der Waals surface area contributed by atoms with E-state index in [0.29, 0.717) is 19.8 Å². The van der Waals surface area contributed by atoms with Crippen LogP contribution >= 0.6 is 0 Å². The van der Waals surface area contributed by atoms with Crippen molar-refractivity contribution in [3.05, 3.63) is 42.7 Å². The van der Waals surface area contributed by atoms with Gasteiger partial charge in [0.25, 0.3) is 0 Å². The van der Waals surface area contributed by atoms with E-state index in [1.165, 1.54) is 0 Å². The molecule has 0 aliphatic carbocycles. The van der Waals surface area contributed by atoms with Gasteiger partial charge in [-0.25, -0.2) is 4.68 Å². The van der Waals surface area contributed by atoms with Crippen molar-refractivity contribution in [2.45, 2.75) is 38.5 Å². The van der Waals surface area contributed by atoms with Gasteiger partial charge in [0.15, 0.2) is 6.23 Å². The van der Waals surface area contributed by atoms with Crippen LogP contribution in [0.3, 0.4) is 0 Å². The molecular weight excluding hydrogens is 368 g/mol. The number of hydrogen-bond acceptors (Lipinski definition) is 5. The van der Waals surface area contributed by atoms with Crippen LogP contribution in [-0.4, -0.2) is 46.0 Å². The summed E-state index contributed by atoms with van der Waals surface area (Å²) in [6.45, 7) is 3.30. The van der Waals surface area contributed by atoms with Gasteiger partial charge in [0.2, 0.25) is 0 Å². The average molecular weight is 394 g/mol. The molecule has 0 amide bonds. The Hall–Kier alpha value is -2.64. The van der Waals surface area contributed by atoms with Gasteiger partial charge in [0, 0.05) is 30.3 Å². The number of fused-ring (bicyclic) bond motifs is 4. The predicted octanol–water partition coefficient (Wildman–Crippen LogP) is 3.95. The van der Waals surface area contributed by atoms with E-state index in [1.54, 1.807) is 0 Å². The van der Waals surface area contributed by atoms with Crippen LogP contribution in [-0.2, 0) is 16.0 Å². The SMILES string of the molecule is C1=C\COCCOc2ccc3c(c2)c(nn3C2CCCCO2)-c2cnn(c2)CC/1. The van der Waals surface area contributed by atoms with E-state index in [2.05, 4.69) is 29.5 Å². The van der Waals surface area contributed by atoms with E-state index in [0.717, 1.165) is 66.7 Å². The molecule has 1 atom stereocenters. The number of nitrogens with zero attached hydrogens (tertiary/aromatic N) is 4. The zero-order valence-electron chi connectivity index (χ0n) is 16.5. The molecule has 3 aromatic rings. The highest BCUT2D eigenvalue weighted by Gasteiger charge is 2.22. The first-order chi connectivity index (χ1) is 14.4. The molecule has 5 rings (SSSR count). The Kier molecular flexibility index (Phi) is 5.32. The van der Waals surface area contributed by atoms with Crippen molar-refractivity contribution >= 4 is 10.9 Å². The van der Waals surface area contributed by atoms with Crippen LogP contribution in [0.4, 0.5) is 0 Å². The molecule has 0 N–H and O–H groups in total. The second-order valence-corrected chi connectivity index (χ2v) is 7.47. The second kappa shape index (κ2) is 8.39. The Labute approximate surface area is 169 Å². The summed E-state index contributed by atoms with van der Waals surface area (Å²) in [4.78, 5) is 0. The predicted molar refractivity (Wildman–Crippen MR) is 110 cm³/mol. The Morgan fingerprint density at radius 3 is 3.00 bits per heavy atom. The zero-order chi connectivity index (χ0) is 19.5. The van der Waals surface area contributed by atoms with Crippen LogP contribution in [0.1, 0.15) is 31.9 Å². The fourth-order valence-electron chi connectivity index (χ4n) is 3.93. The summed E-state index contributed by atoms with van der Waals surface area (Å²) >= 11 is 0. The number of allylic oxidation sites excluding steroid dienone is 1. The third-order valence-electron chi connectivity index (χ3n) is 5.41. The van der Waals surface area contributed by atoms with Crippen molar-refractivity contribution in [2.24, 2.45) is 0 Å². The van der Waals surface area contributed by atoms with E-state index < -0.39 is 0 Å². The number of aromatic nitrogens is 4. The van der Waals surface area contributed by atoms with Gasteiger partial charge in [-0.3, -0.25) is 4.68 Å². The molecule has 1 saturated heterocycles. The van der Waals surface area contributed by atoms with Gasteiger partial charge in [-0.1, -0.05) is 12.2 Å². The number of benzene rings is 1. The van der Waals surface area contributed by atoms with E-state index in [9.17, 15) is 0 Å². The summed E-state index contributed by atoms with van der Waals surface area (Å²) in [5.41, 5.74) is 3.00. The van der Waals surface area contributed by atoms with Crippen LogP contribution in [0.15, 0.2) is 42.7 Å². The molecule has 152 valence electrons. The lowest BCUT2D eigenvalue weighted by atomic mass is 10.1. The Balaban J connectivity index is 1.58. The van der Waals surface area contributed by atoms with Crippen molar-refractivity contribution in [2.75, 3.05) is 26.4 Å². The van der Waals surface area contributed by atoms with Gasteiger partial charge in [0.05, 0.1) is 24.9 Å². The largest absolute Gasteiger partial charge is 0.491 e. The fourth-order valence-corrected chi connectivity index (χ4v) is 3.93. The molecule has 29 heavy (non-hydrogen) atoms. The molecular formula is C22H26N4O3. The lowest BCUT2D eigenvalue weighted by Crippen LogP contribution is -2.19. The van der Waals surface area contributed by atoms with E-state index >= 15 is 0 Å². The minimum absolute atomic E-state index is 0.0190. The molecule has 7 nitrogen and oxygen atoms in total. The highest BCUT2D eigenvalue weighted by Crippen LogP contribution is 2.34. The van der Waals surface area contributed by atoms with Gasteiger partial charge in [-0.05, 0) is 43.9 Å². The summed E-state index contributed by atoms with van der Waals surface area (Å²) in [7, 11) is 0.